The zero-order valence-electron chi connectivity index (χ0n) is 12.8. The molecule has 1 aliphatic heterocycles. The van der Waals surface area contributed by atoms with Gasteiger partial charge in [0.05, 0.1) is 11.9 Å². The summed E-state index contributed by atoms with van der Waals surface area (Å²) in [5.74, 6) is 2.50. The second-order valence-corrected chi connectivity index (χ2v) is 6.29. The molecule has 0 radical (unpaired) electrons. The van der Waals surface area contributed by atoms with Crippen molar-refractivity contribution in [2.24, 2.45) is 11.8 Å². The van der Waals surface area contributed by atoms with Gasteiger partial charge in [0.15, 0.2) is 5.11 Å². The van der Waals surface area contributed by atoms with Gasteiger partial charge in [-0.1, -0.05) is 19.9 Å². The van der Waals surface area contributed by atoms with Crippen LogP contribution in [0.2, 0.25) is 0 Å². The summed E-state index contributed by atoms with van der Waals surface area (Å²) in [5, 5.41) is 6.74. The van der Waals surface area contributed by atoms with Crippen LogP contribution >= 0.6 is 12.2 Å². The molecule has 1 fully saturated rings. The van der Waals surface area contributed by atoms with Crippen LogP contribution < -0.4 is 15.5 Å². The fraction of sp³-hybridized carbons (Fsp3) is 0.500. The number of nitrogens with one attached hydrogen (secondary N) is 2. The smallest absolute Gasteiger partial charge is 0.171 e. The van der Waals surface area contributed by atoms with Crippen LogP contribution in [-0.4, -0.2) is 29.7 Å². The highest BCUT2D eigenvalue weighted by Crippen LogP contribution is 2.25. The van der Waals surface area contributed by atoms with Crippen LogP contribution in [0.25, 0.3) is 0 Å². The maximum Gasteiger partial charge on any atom is 0.171 e. The summed E-state index contributed by atoms with van der Waals surface area (Å²) in [5.41, 5.74) is 0.901. The Bertz CT molecular complexity index is 476. The third-order valence-corrected chi connectivity index (χ3v) is 3.85. The topological polar surface area (TPSA) is 40.2 Å². The van der Waals surface area contributed by atoms with Gasteiger partial charge in [0.25, 0.3) is 0 Å². The van der Waals surface area contributed by atoms with Crippen LogP contribution in [0.1, 0.15) is 20.3 Å². The molecule has 1 aliphatic rings. The molecule has 0 unspecified atom stereocenters. The molecule has 0 bridgehead atoms. The molecular formula is C16H24N4S. The van der Waals surface area contributed by atoms with Crippen LogP contribution in [0.3, 0.4) is 0 Å². The summed E-state index contributed by atoms with van der Waals surface area (Å²) in [6.45, 7) is 11.1. The lowest BCUT2D eigenvalue weighted by Gasteiger charge is -2.35. The van der Waals surface area contributed by atoms with Gasteiger partial charge in [0, 0.05) is 19.6 Å². The number of nitrogens with zero attached hydrogens (tertiary/aromatic N) is 2. The van der Waals surface area contributed by atoms with Crippen molar-refractivity contribution in [3.8, 4) is 0 Å². The Labute approximate surface area is 132 Å². The van der Waals surface area contributed by atoms with Gasteiger partial charge >= 0.3 is 0 Å². The molecule has 1 aromatic rings. The first-order chi connectivity index (χ1) is 10.1. The number of piperidine rings is 1. The van der Waals surface area contributed by atoms with E-state index < -0.39 is 0 Å². The van der Waals surface area contributed by atoms with E-state index in [4.69, 9.17) is 12.2 Å². The van der Waals surface area contributed by atoms with E-state index in [0.717, 1.165) is 36.4 Å². The van der Waals surface area contributed by atoms with Crippen molar-refractivity contribution in [3.63, 3.8) is 0 Å². The molecule has 2 N–H and O–H groups in total. The van der Waals surface area contributed by atoms with Gasteiger partial charge in [0.1, 0.15) is 5.82 Å². The normalized spacial score (nSPS) is 21.7. The average molecular weight is 304 g/mol. The van der Waals surface area contributed by atoms with Gasteiger partial charge < -0.3 is 15.5 Å². The van der Waals surface area contributed by atoms with E-state index in [-0.39, 0.29) is 0 Å². The third-order valence-electron chi connectivity index (χ3n) is 3.61. The maximum atomic E-state index is 5.18. The number of hydrogen-bond acceptors (Lipinski definition) is 3. The van der Waals surface area contributed by atoms with Gasteiger partial charge in [-0.3, -0.25) is 0 Å². The van der Waals surface area contributed by atoms with Crippen molar-refractivity contribution in [2.45, 2.75) is 20.3 Å². The predicted molar refractivity (Wildman–Crippen MR) is 93.8 cm³/mol. The lowest BCUT2D eigenvalue weighted by molar-refractivity contribution is 0.355. The lowest BCUT2D eigenvalue weighted by atomic mass is 9.92. The van der Waals surface area contributed by atoms with E-state index >= 15 is 0 Å². The zero-order chi connectivity index (χ0) is 15.2. The molecule has 1 aromatic heterocycles. The molecule has 2 heterocycles. The SMILES string of the molecule is C=CCNC(=S)Nc1ccc(N2C[C@@H](C)C[C@H](C)C2)nc1. The maximum absolute atomic E-state index is 5.18. The largest absolute Gasteiger partial charge is 0.359 e. The Morgan fingerprint density at radius 2 is 2.14 bits per heavy atom. The Hall–Kier alpha value is -1.62. The second kappa shape index (κ2) is 7.41. The van der Waals surface area contributed by atoms with Gasteiger partial charge in [0.2, 0.25) is 0 Å². The van der Waals surface area contributed by atoms with E-state index in [9.17, 15) is 0 Å². The molecule has 0 amide bonds. The molecule has 0 aliphatic carbocycles. The first kappa shape index (κ1) is 15.8. The molecular weight excluding hydrogens is 280 g/mol. The zero-order valence-corrected chi connectivity index (χ0v) is 13.6. The number of anilines is 2. The molecule has 0 aromatic carbocycles. The predicted octanol–water partition coefficient (Wildman–Crippen LogP) is 3.04. The molecule has 21 heavy (non-hydrogen) atoms. The van der Waals surface area contributed by atoms with Crippen molar-refractivity contribution in [3.05, 3.63) is 31.0 Å². The molecule has 114 valence electrons. The monoisotopic (exact) mass is 304 g/mol. The van der Waals surface area contributed by atoms with E-state index in [1.165, 1.54) is 6.42 Å². The first-order valence-electron chi connectivity index (χ1n) is 7.45. The molecule has 0 saturated carbocycles. The Morgan fingerprint density at radius 1 is 1.43 bits per heavy atom. The number of pyridine rings is 1. The summed E-state index contributed by atoms with van der Waals surface area (Å²) in [4.78, 5) is 6.93. The van der Waals surface area contributed by atoms with E-state index in [1.54, 1.807) is 6.08 Å². The van der Waals surface area contributed by atoms with Crippen LogP contribution in [0.5, 0.6) is 0 Å². The standard InChI is InChI=1S/C16H24N4S/c1-4-7-17-16(21)19-14-5-6-15(18-9-14)20-10-12(2)8-13(3)11-20/h4-6,9,12-13H,1,7-8,10-11H2,2-3H3,(H2,17,19,21)/t12-,13-/m0/s1. The highest BCUT2D eigenvalue weighted by molar-refractivity contribution is 7.80. The fourth-order valence-corrected chi connectivity index (χ4v) is 3.04. The lowest BCUT2D eigenvalue weighted by Crippen LogP contribution is -2.39. The minimum Gasteiger partial charge on any atom is -0.359 e. The van der Waals surface area contributed by atoms with Crippen molar-refractivity contribution < 1.29 is 0 Å². The van der Waals surface area contributed by atoms with Gasteiger partial charge in [-0.25, -0.2) is 4.98 Å². The van der Waals surface area contributed by atoms with Crippen LogP contribution in [-0.2, 0) is 0 Å². The average Bonchev–Trinajstić information content (AvgIpc) is 2.45. The van der Waals surface area contributed by atoms with Crippen molar-refractivity contribution in [1.82, 2.24) is 10.3 Å². The van der Waals surface area contributed by atoms with Gasteiger partial charge in [-0.15, -0.1) is 6.58 Å². The first-order valence-corrected chi connectivity index (χ1v) is 7.86. The van der Waals surface area contributed by atoms with E-state index in [1.807, 2.05) is 12.3 Å². The molecule has 2 rings (SSSR count). The van der Waals surface area contributed by atoms with Crippen LogP contribution in [0.4, 0.5) is 11.5 Å². The summed E-state index contributed by atoms with van der Waals surface area (Å²) < 4.78 is 0. The molecule has 5 heteroatoms. The van der Waals surface area contributed by atoms with Crippen molar-refractivity contribution in [1.29, 1.82) is 0 Å². The van der Waals surface area contributed by atoms with E-state index in [0.29, 0.717) is 11.7 Å². The van der Waals surface area contributed by atoms with Gasteiger partial charge in [-0.05, 0) is 42.6 Å². The molecule has 2 atom stereocenters. The highest BCUT2D eigenvalue weighted by atomic mass is 32.1. The Kier molecular flexibility index (Phi) is 5.56. The number of thiocarbonyl (C=S) groups is 1. The third kappa shape index (κ3) is 4.70. The number of aromatic nitrogens is 1. The van der Waals surface area contributed by atoms with Gasteiger partial charge in [-0.2, -0.15) is 0 Å². The van der Waals surface area contributed by atoms with Crippen molar-refractivity contribution >= 4 is 28.8 Å². The van der Waals surface area contributed by atoms with Crippen molar-refractivity contribution in [2.75, 3.05) is 29.9 Å². The fourth-order valence-electron chi connectivity index (χ4n) is 2.84. The molecule has 4 nitrogen and oxygen atoms in total. The summed E-state index contributed by atoms with van der Waals surface area (Å²) in [7, 11) is 0. The van der Waals surface area contributed by atoms with Crippen LogP contribution in [0.15, 0.2) is 31.0 Å². The summed E-state index contributed by atoms with van der Waals surface area (Å²) in [6.07, 6.45) is 4.91. The summed E-state index contributed by atoms with van der Waals surface area (Å²) >= 11 is 5.18. The number of rotatable bonds is 4. The second-order valence-electron chi connectivity index (χ2n) is 5.88. The quantitative estimate of drug-likeness (QED) is 0.661. The highest BCUT2D eigenvalue weighted by Gasteiger charge is 2.22. The minimum atomic E-state index is 0.588. The minimum absolute atomic E-state index is 0.588. The van der Waals surface area contributed by atoms with E-state index in [2.05, 4.69) is 47.0 Å². The Morgan fingerprint density at radius 3 is 2.71 bits per heavy atom. The van der Waals surface area contributed by atoms with Crippen LogP contribution in [0, 0.1) is 11.8 Å². The molecule has 0 spiro atoms. The summed E-state index contributed by atoms with van der Waals surface area (Å²) in [6, 6.07) is 4.08. The number of hydrogen-bond donors (Lipinski definition) is 2. The molecule has 1 saturated heterocycles. The Balaban J connectivity index is 1.95.